The molecule has 0 amide bonds. The van der Waals surface area contributed by atoms with Crippen LogP contribution in [-0.2, 0) is 6.54 Å². The van der Waals surface area contributed by atoms with Crippen LogP contribution in [0.4, 0.5) is 5.69 Å². The van der Waals surface area contributed by atoms with Gasteiger partial charge in [0.1, 0.15) is 5.75 Å². The van der Waals surface area contributed by atoms with Gasteiger partial charge >= 0.3 is 0 Å². The molecular weight excluding hydrogens is 286 g/mol. The van der Waals surface area contributed by atoms with Crippen LogP contribution >= 0.6 is 27.3 Å². The van der Waals surface area contributed by atoms with Crippen LogP contribution in [0.25, 0.3) is 0 Å². The summed E-state index contributed by atoms with van der Waals surface area (Å²) < 4.78 is 1.15. The second-order valence-electron chi connectivity index (χ2n) is 3.56. The summed E-state index contributed by atoms with van der Waals surface area (Å²) in [6.07, 6.45) is 0. The molecule has 0 unspecified atom stereocenters. The summed E-state index contributed by atoms with van der Waals surface area (Å²) in [6.45, 7) is 2.79. The van der Waals surface area contributed by atoms with Gasteiger partial charge in [-0.1, -0.05) is 0 Å². The van der Waals surface area contributed by atoms with Gasteiger partial charge in [-0.25, -0.2) is 0 Å². The van der Waals surface area contributed by atoms with Gasteiger partial charge in [0.2, 0.25) is 0 Å². The first-order valence-electron chi connectivity index (χ1n) is 4.93. The standard InChI is InChI=1S/C12H12BrNOS/c1-8-6-9(15)2-4-11(8)14-7-10-3-5-12(13)16-10/h2-6,14-15H,7H2,1H3. The molecule has 0 bridgehead atoms. The highest BCUT2D eigenvalue weighted by atomic mass is 79.9. The molecule has 1 aromatic carbocycles. The first-order chi connectivity index (χ1) is 7.65. The van der Waals surface area contributed by atoms with E-state index in [-0.39, 0.29) is 0 Å². The van der Waals surface area contributed by atoms with Crippen molar-refractivity contribution in [3.63, 3.8) is 0 Å². The number of nitrogens with one attached hydrogen (secondary N) is 1. The quantitative estimate of drug-likeness (QED) is 0.835. The number of hydrogen-bond acceptors (Lipinski definition) is 3. The second-order valence-corrected chi connectivity index (χ2v) is 6.11. The van der Waals surface area contributed by atoms with Gasteiger partial charge < -0.3 is 10.4 Å². The van der Waals surface area contributed by atoms with E-state index >= 15 is 0 Å². The zero-order chi connectivity index (χ0) is 11.5. The van der Waals surface area contributed by atoms with Gasteiger partial charge in [-0.2, -0.15) is 0 Å². The number of phenolic OH excluding ortho intramolecular Hbond substituents is 1. The molecule has 2 nitrogen and oxygen atoms in total. The lowest BCUT2D eigenvalue weighted by molar-refractivity contribution is 0.475. The summed E-state index contributed by atoms with van der Waals surface area (Å²) in [4.78, 5) is 1.28. The SMILES string of the molecule is Cc1cc(O)ccc1NCc1ccc(Br)s1. The number of thiophene rings is 1. The zero-order valence-corrected chi connectivity index (χ0v) is 11.2. The topological polar surface area (TPSA) is 32.3 Å². The van der Waals surface area contributed by atoms with Crippen LogP contribution in [0, 0.1) is 6.92 Å². The Morgan fingerprint density at radius 3 is 2.75 bits per heavy atom. The Balaban J connectivity index is 2.04. The number of phenols is 1. The Hall–Kier alpha value is -1.000. The smallest absolute Gasteiger partial charge is 0.115 e. The molecule has 0 aliphatic rings. The minimum Gasteiger partial charge on any atom is -0.508 e. The van der Waals surface area contributed by atoms with Crippen LogP contribution in [0.2, 0.25) is 0 Å². The molecule has 0 saturated heterocycles. The average molecular weight is 298 g/mol. The van der Waals surface area contributed by atoms with Crippen molar-refractivity contribution in [1.29, 1.82) is 0 Å². The molecule has 0 fully saturated rings. The van der Waals surface area contributed by atoms with Gasteiger partial charge in [-0.15, -0.1) is 11.3 Å². The number of halogens is 1. The first kappa shape index (κ1) is 11.5. The van der Waals surface area contributed by atoms with Crippen LogP contribution in [0.1, 0.15) is 10.4 Å². The lowest BCUT2D eigenvalue weighted by Crippen LogP contribution is -1.98. The molecular formula is C12H12BrNOS. The van der Waals surface area contributed by atoms with Crippen molar-refractivity contribution in [3.8, 4) is 5.75 Å². The Morgan fingerprint density at radius 2 is 2.12 bits per heavy atom. The molecule has 2 aromatic rings. The van der Waals surface area contributed by atoms with Crippen molar-refractivity contribution in [3.05, 3.63) is 44.6 Å². The number of rotatable bonds is 3. The Kier molecular flexibility index (Phi) is 3.51. The third-order valence-corrected chi connectivity index (χ3v) is 3.92. The van der Waals surface area contributed by atoms with Gasteiger partial charge in [0.25, 0.3) is 0 Å². The van der Waals surface area contributed by atoms with E-state index in [2.05, 4.69) is 27.3 Å². The summed E-state index contributed by atoms with van der Waals surface area (Å²) in [7, 11) is 0. The molecule has 0 aliphatic heterocycles. The summed E-state index contributed by atoms with van der Waals surface area (Å²) in [5, 5.41) is 12.6. The molecule has 1 heterocycles. The van der Waals surface area contributed by atoms with E-state index in [4.69, 9.17) is 0 Å². The van der Waals surface area contributed by atoms with E-state index in [0.29, 0.717) is 5.75 Å². The van der Waals surface area contributed by atoms with Gasteiger partial charge in [-0.05, 0) is 58.7 Å². The molecule has 2 rings (SSSR count). The van der Waals surface area contributed by atoms with Crippen LogP contribution < -0.4 is 5.32 Å². The molecule has 0 spiro atoms. The maximum atomic E-state index is 9.29. The van der Waals surface area contributed by atoms with E-state index in [0.717, 1.165) is 21.6 Å². The maximum absolute atomic E-state index is 9.29. The van der Waals surface area contributed by atoms with Crippen LogP contribution in [0.15, 0.2) is 34.1 Å². The number of aromatic hydroxyl groups is 1. The molecule has 1 aromatic heterocycles. The van der Waals surface area contributed by atoms with Crippen LogP contribution in [-0.4, -0.2) is 5.11 Å². The molecule has 16 heavy (non-hydrogen) atoms. The highest BCUT2D eigenvalue weighted by molar-refractivity contribution is 9.11. The predicted molar refractivity (Wildman–Crippen MR) is 72.2 cm³/mol. The fourth-order valence-corrected chi connectivity index (χ4v) is 2.90. The van der Waals surface area contributed by atoms with E-state index in [1.807, 2.05) is 19.1 Å². The highest BCUT2D eigenvalue weighted by Gasteiger charge is 2.01. The van der Waals surface area contributed by atoms with Gasteiger partial charge in [0.15, 0.2) is 0 Å². The Morgan fingerprint density at radius 1 is 1.31 bits per heavy atom. The maximum Gasteiger partial charge on any atom is 0.115 e. The predicted octanol–water partition coefficient (Wildman–Crippen LogP) is 4.14. The normalized spacial score (nSPS) is 10.4. The monoisotopic (exact) mass is 297 g/mol. The lowest BCUT2D eigenvalue weighted by Gasteiger charge is -2.08. The summed E-state index contributed by atoms with van der Waals surface area (Å²) in [5.41, 5.74) is 2.11. The fraction of sp³-hybridized carbons (Fsp3) is 0.167. The third-order valence-electron chi connectivity index (χ3n) is 2.29. The van der Waals surface area contributed by atoms with E-state index in [1.165, 1.54) is 4.88 Å². The Labute approximate surface area is 107 Å². The van der Waals surface area contributed by atoms with Crippen molar-refractivity contribution < 1.29 is 5.11 Å². The summed E-state index contributed by atoms with van der Waals surface area (Å²) in [5.74, 6) is 0.307. The van der Waals surface area contributed by atoms with E-state index < -0.39 is 0 Å². The van der Waals surface area contributed by atoms with Crippen LogP contribution in [0.5, 0.6) is 5.75 Å². The van der Waals surface area contributed by atoms with E-state index in [9.17, 15) is 5.11 Å². The van der Waals surface area contributed by atoms with Crippen molar-refractivity contribution in [1.82, 2.24) is 0 Å². The molecule has 0 saturated carbocycles. The summed E-state index contributed by atoms with van der Waals surface area (Å²) >= 11 is 5.16. The largest absolute Gasteiger partial charge is 0.508 e. The van der Waals surface area contributed by atoms with Crippen molar-refractivity contribution in [2.24, 2.45) is 0 Å². The van der Waals surface area contributed by atoms with E-state index in [1.54, 1.807) is 23.5 Å². The first-order valence-corrected chi connectivity index (χ1v) is 6.54. The number of hydrogen-bond donors (Lipinski definition) is 2. The fourth-order valence-electron chi connectivity index (χ4n) is 1.48. The average Bonchev–Trinajstić information content (AvgIpc) is 2.63. The minimum atomic E-state index is 0.307. The van der Waals surface area contributed by atoms with Gasteiger partial charge in [0.05, 0.1) is 3.79 Å². The molecule has 0 aliphatic carbocycles. The number of anilines is 1. The number of aryl methyl sites for hydroxylation is 1. The highest BCUT2D eigenvalue weighted by Crippen LogP contribution is 2.24. The lowest BCUT2D eigenvalue weighted by atomic mass is 10.2. The Bertz CT molecular complexity index is 496. The van der Waals surface area contributed by atoms with Gasteiger partial charge in [0, 0.05) is 17.1 Å². The molecule has 0 atom stereocenters. The van der Waals surface area contributed by atoms with Crippen molar-refractivity contribution in [2.75, 3.05) is 5.32 Å². The minimum absolute atomic E-state index is 0.307. The molecule has 2 N–H and O–H groups in total. The second kappa shape index (κ2) is 4.89. The van der Waals surface area contributed by atoms with Crippen molar-refractivity contribution in [2.45, 2.75) is 13.5 Å². The molecule has 0 radical (unpaired) electrons. The molecule has 4 heteroatoms. The zero-order valence-electron chi connectivity index (χ0n) is 8.83. The molecule has 84 valence electrons. The third kappa shape index (κ3) is 2.77. The number of benzene rings is 1. The van der Waals surface area contributed by atoms with Crippen LogP contribution in [0.3, 0.4) is 0 Å². The summed E-state index contributed by atoms with van der Waals surface area (Å²) in [6, 6.07) is 9.49. The van der Waals surface area contributed by atoms with Crippen molar-refractivity contribution >= 4 is 33.0 Å². The van der Waals surface area contributed by atoms with Gasteiger partial charge in [-0.3, -0.25) is 0 Å².